The summed E-state index contributed by atoms with van der Waals surface area (Å²) < 4.78 is 27.7. The fourth-order valence-corrected chi connectivity index (χ4v) is 4.09. The number of hydrogen-bond acceptors (Lipinski definition) is 1. The fraction of sp³-hybridized carbons (Fsp3) is 1.00. The molecule has 1 heterocycles. The van der Waals surface area contributed by atoms with E-state index in [0.29, 0.717) is 5.92 Å². The van der Waals surface area contributed by atoms with Crippen molar-refractivity contribution in [2.75, 3.05) is 13.1 Å². The van der Waals surface area contributed by atoms with E-state index in [0.717, 1.165) is 38.8 Å². The maximum atomic E-state index is 13.9. The van der Waals surface area contributed by atoms with E-state index in [1.165, 1.54) is 12.8 Å². The van der Waals surface area contributed by atoms with Crippen molar-refractivity contribution in [1.29, 1.82) is 0 Å². The monoisotopic (exact) mass is 229 g/mol. The molecule has 2 aliphatic carbocycles. The van der Waals surface area contributed by atoms with Crippen molar-refractivity contribution in [1.82, 2.24) is 5.32 Å². The smallest absolute Gasteiger partial charge is 0.255 e. The molecule has 3 heteroatoms. The Balaban J connectivity index is 1.66. The predicted molar refractivity (Wildman–Crippen MR) is 59.5 cm³/mol. The summed E-state index contributed by atoms with van der Waals surface area (Å²) in [6.07, 6.45) is 6.54. The lowest BCUT2D eigenvalue weighted by Crippen LogP contribution is -2.32. The van der Waals surface area contributed by atoms with Crippen molar-refractivity contribution in [3.63, 3.8) is 0 Å². The molecule has 2 saturated carbocycles. The molecule has 92 valence electrons. The summed E-state index contributed by atoms with van der Waals surface area (Å²) in [7, 11) is 0. The molecule has 0 aromatic carbocycles. The molecule has 3 aliphatic rings. The van der Waals surface area contributed by atoms with E-state index in [4.69, 9.17) is 0 Å². The molecule has 0 aromatic rings. The average molecular weight is 229 g/mol. The van der Waals surface area contributed by atoms with E-state index < -0.39 is 5.92 Å². The molecule has 0 amide bonds. The molecular weight excluding hydrogens is 208 g/mol. The van der Waals surface area contributed by atoms with Crippen LogP contribution in [0.3, 0.4) is 0 Å². The van der Waals surface area contributed by atoms with E-state index in [9.17, 15) is 8.78 Å². The van der Waals surface area contributed by atoms with Gasteiger partial charge in [-0.15, -0.1) is 0 Å². The fourth-order valence-electron chi connectivity index (χ4n) is 4.09. The van der Waals surface area contributed by atoms with Crippen LogP contribution in [0.15, 0.2) is 0 Å². The van der Waals surface area contributed by atoms with Crippen LogP contribution in [0, 0.1) is 23.7 Å². The van der Waals surface area contributed by atoms with Crippen molar-refractivity contribution in [2.24, 2.45) is 23.7 Å². The van der Waals surface area contributed by atoms with Gasteiger partial charge < -0.3 is 5.32 Å². The van der Waals surface area contributed by atoms with Gasteiger partial charge in [0.15, 0.2) is 0 Å². The summed E-state index contributed by atoms with van der Waals surface area (Å²) in [5, 5.41) is 3.27. The number of alkyl halides is 2. The number of halogens is 2. The second-order valence-electron chi connectivity index (χ2n) is 5.88. The van der Waals surface area contributed by atoms with Gasteiger partial charge in [0.1, 0.15) is 0 Å². The lowest BCUT2D eigenvalue weighted by molar-refractivity contribution is 0.0635. The van der Waals surface area contributed by atoms with Crippen LogP contribution in [-0.2, 0) is 0 Å². The van der Waals surface area contributed by atoms with Gasteiger partial charge in [-0.1, -0.05) is 12.8 Å². The zero-order valence-corrected chi connectivity index (χ0v) is 9.72. The minimum atomic E-state index is -2.33. The van der Waals surface area contributed by atoms with Crippen molar-refractivity contribution in [2.45, 2.75) is 44.4 Å². The highest BCUT2D eigenvalue weighted by atomic mass is 19.3. The first kappa shape index (κ1) is 10.9. The second-order valence-corrected chi connectivity index (χ2v) is 5.88. The third-order valence-corrected chi connectivity index (χ3v) is 4.92. The molecular formula is C13H21F2N. The summed E-state index contributed by atoms with van der Waals surface area (Å²) in [6.45, 7) is 1.84. The van der Waals surface area contributed by atoms with Gasteiger partial charge in [-0.2, -0.15) is 0 Å². The van der Waals surface area contributed by atoms with E-state index in [-0.39, 0.29) is 17.8 Å². The molecule has 1 saturated heterocycles. The van der Waals surface area contributed by atoms with E-state index in [2.05, 4.69) is 5.32 Å². The molecule has 3 atom stereocenters. The number of hydrogen-bond donors (Lipinski definition) is 1. The van der Waals surface area contributed by atoms with Crippen molar-refractivity contribution in [3.8, 4) is 0 Å². The van der Waals surface area contributed by atoms with Gasteiger partial charge in [0.2, 0.25) is 0 Å². The maximum absolute atomic E-state index is 13.9. The molecule has 1 N–H and O–H groups in total. The normalized spacial score (nSPS) is 43.5. The van der Waals surface area contributed by atoms with Crippen LogP contribution in [0.5, 0.6) is 0 Å². The Morgan fingerprint density at radius 1 is 0.875 bits per heavy atom. The minimum Gasteiger partial charge on any atom is -0.316 e. The molecule has 0 aromatic heterocycles. The minimum absolute atomic E-state index is 0.245. The first-order chi connectivity index (χ1) is 7.71. The van der Waals surface area contributed by atoms with Crippen molar-refractivity contribution < 1.29 is 8.78 Å². The Hall–Kier alpha value is -0.180. The number of piperidine rings is 1. The molecule has 0 radical (unpaired) electrons. The standard InChI is InChI=1S/C13H21F2N/c14-13(15)11(9-4-1-2-5-9)12(13)10-6-3-7-16-8-10/h9-12,16H,1-8H2. The highest BCUT2D eigenvalue weighted by Crippen LogP contribution is 2.65. The molecule has 3 fully saturated rings. The Labute approximate surface area is 96.0 Å². The first-order valence-electron chi connectivity index (χ1n) is 6.80. The van der Waals surface area contributed by atoms with E-state index in [1.54, 1.807) is 0 Å². The van der Waals surface area contributed by atoms with Crippen LogP contribution in [-0.4, -0.2) is 19.0 Å². The van der Waals surface area contributed by atoms with Gasteiger partial charge in [0.25, 0.3) is 5.92 Å². The number of nitrogens with one attached hydrogen (secondary N) is 1. The summed E-state index contributed by atoms with van der Waals surface area (Å²) in [6, 6.07) is 0. The summed E-state index contributed by atoms with van der Waals surface area (Å²) >= 11 is 0. The summed E-state index contributed by atoms with van der Waals surface area (Å²) in [4.78, 5) is 0. The SMILES string of the molecule is FC1(F)C(C2CCCC2)C1C1CCCNC1. The van der Waals surface area contributed by atoms with E-state index in [1.807, 2.05) is 0 Å². The van der Waals surface area contributed by atoms with Crippen LogP contribution >= 0.6 is 0 Å². The topological polar surface area (TPSA) is 12.0 Å². The van der Waals surface area contributed by atoms with E-state index >= 15 is 0 Å². The Morgan fingerprint density at radius 3 is 2.12 bits per heavy atom. The van der Waals surface area contributed by atoms with Gasteiger partial charge >= 0.3 is 0 Å². The molecule has 1 nitrogen and oxygen atoms in total. The lowest BCUT2D eigenvalue weighted by atomic mass is 9.90. The summed E-state index contributed by atoms with van der Waals surface area (Å²) in [5.41, 5.74) is 0. The average Bonchev–Trinajstić information content (AvgIpc) is 2.70. The maximum Gasteiger partial charge on any atom is 0.255 e. The Kier molecular flexibility index (Phi) is 2.69. The predicted octanol–water partition coefficient (Wildman–Crippen LogP) is 3.06. The highest BCUT2D eigenvalue weighted by Gasteiger charge is 2.72. The molecule has 3 rings (SSSR count). The van der Waals surface area contributed by atoms with Crippen LogP contribution in [0.1, 0.15) is 38.5 Å². The molecule has 0 spiro atoms. The molecule has 1 aliphatic heterocycles. The van der Waals surface area contributed by atoms with Gasteiger partial charge in [0.05, 0.1) is 0 Å². The lowest BCUT2D eigenvalue weighted by Gasteiger charge is -2.23. The zero-order valence-electron chi connectivity index (χ0n) is 9.72. The van der Waals surface area contributed by atoms with Gasteiger partial charge in [0, 0.05) is 11.8 Å². The Morgan fingerprint density at radius 2 is 1.50 bits per heavy atom. The van der Waals surface area contributed by atoms with Gasteiger partial charge in [-0.3, -0.25) is 0 Å². The number of rotatable bonds is 2. The highest BCUT2D eigenvalue weighted by molar-refractivity contribution is 5.11. The third-order valence-electron chi connectivity index (χ3n) is 4.92. The second kappa shape index (κ2) is 3.94. The van der Waals surface area contributed by atoms with Crippen LogP contribution in [0.25, 0.3) is 0 Å². The summed E-state index contributed by atoms with van der Waals surface area (Å²) in [5.74, 6) is -2.31. The van der Waals surface area contributed by atoms with Crippen molar-refractivity contribution >= 4 is 0 Å². The van der Waals surface area contributed by atoms with Crippen LogP contribution in [0.4, 0.5) is 8.78 Å². The Bertz CT molecular complexity index is 255. The first-order valence-corrected chi connectivity index (χ1v) is 6.80. The quantitative estimate of drug-likeness (QED) is 0.767. The van der Waals surface area contributed by atoms with Gasteiger partial charge in [-0.25, -0.2) is 8.78 Å². The van der Waals surface area contributed by atoms with Gasteiger partial charge in [-0.05, 0) is 50.6 Å². The molecule has 16 heavy (non-hydrogen) atoms. The molecule has 0 bridgehead atoms. The van der Waals surface area contributed by atoms with Crippen molar-refractivity contribution in [3.05, 3.63) is 0 Å². The van der Waals surface area contributed by atoms with Crippen LogP contribution < -0.4 is 5.32 Å². The molecule has 3 unspecified atom stereocenters. The third kappa shape index (κ3) is 1.68. The zero-order chi connectivity index (χ0) is 11.2. The largest absolute Gasteiger partial charge is 0.316 e. The van der Waals surface area contributed by atoms with Crippen LogP contribution in [0.2, 0.25) is 0 Å².